The summed E-state index contributed by atoms with van der Waals surface area (Å²) >= 11 is 0. The molecule has 0 aliphatic heterocycles. The number of carbonyl (C=O) groups excluding carboxylic acids is 1. The van der Waals surface area contributed by atoms with Gasteiger partial charge in [0.25, 0.3) is 0 Å². The quantitative estimate of drug-likeness (QED) is 0.778. The summed E-state index contributed by atoms with van der Waals surface area (Å²) in [6, 6.07) is 6.41. The number of hydrogen-bond donors (Lipinski definition) is 1. The van der Waals surface area contributed by atoms with Crippen molar-refractivity contribution in [2.24, 2.45) is 0 Å². The lowest BCUT2D eigenvalue weighted by Gasteiger charge is -2.04. The highest BCUT2D eigenvalue weighted by Crippen LogP contribution is 2.20. The van der Waals surface area contributed by atoms with E-state index in [2.05, 4.69) is 4.98 Å². The van der Waals surface area contributed by atoms with Gasteiger partial charge in [-0.15, -0.1) is 0 Å². The third-order valence-electron chi connectivity index (χ3n) is 2.16. The van der Waals surface area contributed by atoms with Crippen LogP contribution in [0.15, 0.2) is 36.7 Å². The van der Waals surface area contributed by atoms with E-state index in [0.29, 0.717) is 23.2 Å². The zero-order valence-corrected chi connectivity index (χ0v) is 8.20. The van der Waals surface area contributed by atoms with Gasteiger partial charge in [0.1, 0.15) is 0 Å². The molecule has 0 spiro atoms. The zero-order chi connectivity index (χ0) is 11.5. The zero-order valence-electron chi connectivity index (χ0n) is 8.20. The van der Waals surface area contributed by atoms with E-state index in [4.69, 9.17) is 5.11 Å². The molecule has 0 fully saturated rings. The van der Waals surface area contributed by atoms with Crippen molar-refractivity contribution in [2.75, 3.05) is 0 Å². The van der Waals surface area contributed by atoms with Crippen molar-refractivity contribution >= 4 is 12.4 Å². The second kappa shape index (κ2) is 3.98. The lowest BCUT2D eigenvalue weighted by Crippen LogP contribution is -2.09. The van der Waals surface area contributed by atoms with Crippen molar-refractivity contribution in [1.82, 2.24) is 9.55 Å². The van der Waals surface area contributed by atoms with Gasteiger partial charge in [0.05, 0.1) is 11.4 Å². The average Bonchev–Trinajstić information content (AvgIpc) is 2.77. The van der Waals surface area contributed by atoms with Gasteiger partial charge in [-0.05, 0) is 24.3 Å². The summed E-state index contributed by atoms with van der Waals surface area (Å²) in [6.45, 7) is 0. The Morgan fingerprint density at radius 2 is 2.19 bits per heavy atom. The van der Waals surface area contributed by atoms with E-state index < -0.39 is 6.09 Å². The fourth-order valence-corrected chi connectivity index (χ4v) is 1.47. The Bertz CT molecular complexity index is 546. The van der Waals surface area contributed by atoms with Crippen LogP contribution in [0, 0.1) is 0 Å². The summed E-state index contributed by atoms with van der Waals surface area (Å²) < 4.78 is 1.02. The molecule has 0 radical (unpaired) electrons. The molecular formula is C11H8N2O3. The molecule has 0 saturated heterocycles. The summed E-state index contributed by atoms with van der Waals surface area (Å²) in [4.78, 5) is 25.7. The van der Waals surface area contributed by atoms with Gasteiger partial charge in [0.15, 0.2) is 6.29 Å². The highest BCUT2D eigenvalue weighted by molar-refractivity contribution is 5.87. The van der Waals surface area contributed by atoms with E-state index in [1.165, 1.54) is 12.4 Å². The van der Waals surface area contributed by atoms with Crippen LogP contribution in [0.3, 0.4) is 0 Å². The van der Waals surface area contributed by atoms with Gasteiger partial charge in [-0.25, -0.2) is 4.79 Å². The summed E-state index contributed by atoms with van der Waals surface area (Å²) in [7, 11) is 0. The Hall–Kier alpha value is -2.43. The molecule has 1 N–H and O–H groups in total. The maximum Gasteiger partial charge on any atom is 0.416 e. The highest BCUT2D eigenvalue weighted by Gasteiger charge is 2.13. The minimum atomic E-state index is -1.11. The highest BCUT2D eigenvalue weighted by atomic mass is 16.4. The normalized spacial score (nSPS) is 10.0. The number of nitrogens with zero attached hydrogens (tertiary/aromatic N) is 2. The predicted molar refractivity (Wildman–Crippen MR) is 56.5 cm³/mol. The Labute approximate surface area is 91.0 Å². The number of carbonyl (C=O) groups is 2. The fraction of sp³-hybridized carbons (Fsp3) is 0. The lowest BCUT2D eigenvalue weighted by molar-refractivity contribution is 0.112. The molecule has 16 heavy (non-hydrogen) atoms. The largest absolute Gasteiger partial charge is 0.464 e. The Balaban J connectivity index is 2.63. The third kappa shape index (κ3) is 1.58. The molecule has 2 aromatic rings. The molecule has 0 aromatic carbocycles. The first-order valence-electron chi connectivity index (χ1n) is 4.55. The van der Waals surface area contributed by atoms with Crippen molar-refractivity contribution < 1.29 is 14.7 Å². The van der Waals surface area contributed by atoms with Crippen molar-refractivity contribution in [2.45, 2.75) is 0 Å². The van der Waals surface area contributed by atoms with E-state index in [-0.39, 0.29) is 0 Å². The molecule has 5 heteroatoms. The average molecular weight is 216 g/mol. The van der Waals surface area contributed by atoms with Gasteiger partial charge in [0, 0.05) is 18.0 Å². The summed E-state index contributed by atoms with van der Waals surface area (Å²) in [5, 5.41) is 8.93. The monoisotopic (exact) mass is 216 g/mol. The molecule has 0 saturated carbocycles. The topological polar surface area (TPSA) is 72.2 Å². The van der Waals surface area contributed by atoms with Gasteiger partial charge in [-0.2, -0.15) is 0 Å². The van der Waals surface area contributed by atoms with E-state index >= 15 is 0 Å². The van der Waals surface area contributed by atoms with Gasteiger partial charge in [-0.3, -0.25) is 14.3 Å². The van der Waals surface area contributed by atoms with Gasteiger partial charge >= 0.3 is 6.09 Å². The number of hydrogen-bond acceptors (Lipinski definition) is 3. The van der Waals surface area contributed by atoms with Crippen molar-refractivity contribution in [3.05, 3.63) is 42.2 Å². The van der Waals surface area contributed by atoms with Crippen LogP contribution in [0.2, 0.25) is 0 Å². The van der Waals surface area contributed by atoms with Crippen molar-refractivity contribution in [3.8, 4) is 11.4 Å². The standard InChI is InChI=1S/C11H8N2O3/c14-7-8-3-1-5-12-10(8)9-4-2-6-13(9)11(15)16/h1-7H,(H,15,16). The Morgan fingerprint density at radius 3 is 2.88 bits per heavy atom. The van der Waals surface area contributed by atoms with E-state index in [0.717, 1.165) is 4.57 Å². The van der Waals surface area contributed by atoms with Crippen LogP contribution in [-0.4, -0.2) is 27.0 Å². The Kier molecular flexibility index (Phi) is 2.51. The van der Waals surface area contributed by atoms with Crippen molar-refractivity contribution in [3.63, 3.8) is 0 Å². The minimum Gasteiger partial charge on any atom is -0.464 e. The van der Waals surface area contributed by atoms with Crippen LogP contribution in [-0.2, 0) is 0 Å². The molecule has 80 valence electrons. The summed E-state index contributed by atoms with van der Waals surface area (Å²) in [5.41, 5.74) is 1.11. The first-order chi connectivity index (χ1) is 7.74. The summed E-state index contributed by atoms with van der Waals surface area (Å²) in [6.07, 6.45) is 2.46. The molecule has 0 aliphatic carbocycles. The first kappa shape index (κ1) is 10.1. The number of aromatic nitrogens is 2. The first-order valence-corrected chi connectivity index (χ1v) is 4.55. The smallest absolute Gasteiger partial charge is 0.416 e. The number of rotatable bonds is 2. The van der Waals surface area contributed by atoms with Crippen LogP contribution in [0.25, 0.3) is 11.4 Å². The van der Waals surface area contributed by atoms with Crippen LogP contribution in [0.4, 0.5) is 4.79 Å². The van der Waals surface area contributed by atoms with E-state index in [1.54, 1.807) is 24.3 Å². The molecule has 0 bridgehead atoms. The Morgan fingerprint density at radius 1 is 1.38 bits per heavy atom. The van der Waals surface area contributed by atoms with Crippen LogP contribution >= 0.6 is 0 Å². The maximum atomic E-state index is 10.9. The fourth-order valence-electron chi connectivity index (χ4n) is 1.47. The van der Waals surface area contributed by atoms with Gasteiger partial charge < -0.3 is 5.11 Å². The molecule has 0 atom stereocenters. The van der Waals surface area contributed by atoms with Crippen LogP contribution in [0.1, 0.15) is 10.4 Å². The molecule has 2 rings (SSSR count). The third-order valence-corrected chi connectivity index (χ3v) is 2.16. The molecule has 0 amide bonds. The lowest BCUT2D eigenvalue weighted by atomic mass is 10.1. The molecule has 2 aromatic heterocycles. The molecule has 5 nitrogen and oxygen atoms in total. The number of carboxylic acid groups (broad SMARTS) is 1. The van der Waals surface area contributed by atoms with E-state index in [1.807, 2.05) is 0 Å². The van der Waals surface area contributed by atoms with Gasteiger partial charge in [0.2, 0.25) is 0 Å². The van der Waals surface area contributed by atoms with Crippen LogP contribution in [0.5, 0.6) is 0 Å². The minimum absolute atomic E-state index is 0.365. The molecular weight excluding hydrogens is 208 g/mol. The molecule has 0 unspecified atom stereocenters. The second-order valence-electron chi connectivity index (χ2n) is 3.11. The van der Waals surface area contributed by atoms with E-state index in [9.17, 15) is 9.59 Å². The van der Waals surface area contributed by atoms with Gasteiger partial charge in [-0.1, -0.05) is 0 Å². The second-order valence-corrected chi connectivity index (χ2v) is 3.11. The van der Waals surface area contributed by atoms with Crippen LogP contribution < -0.4 is 0 Å². The molecule has 0 aliphatic rings. The molecule has 2 heterocycles. The number of aldehydes is 1. The van der Waals surface area contributed by atoms with Crippen molar-refractivity contribution in [1.29, 1.82) is 0 Å². The summed E-state index contributed by atoms with van der Waals surface area (Å²) in [5.74, 6) is 0. The predicted octanol–water partition coefficient (Wildman–Crippen LogP) is 1.89. The maximum absolute atomic E-state index is 10.9. The number of pyridine rings is 1. The SMILES string of the molecule is O=Cc1cccnc1-c1cccn1C(=O)O.